The molecule has 5 nitrogen and oxygen atoms in total. The second kappa shape index (κ2) is 6.74. The van der Waals surface area contributed by atoms with Crippen molar-refractivity contribution < 1.29 is 22.1 Å². The first-order chi connectivity index (χ1) is 13.8. The quantitative estimate of drug-likeness (QED) is 0.436. The first kappa shape index (κ1) is 18.7. The molecule has 2 aromatic carbocycles. The number of hydrogen-bond donors (Lipinski definition) is 0. The van der Waals surface area contributed by atoms with Crippen LogP contribution in [0.2, 0.25) is 0 Å². The van der Waals surface area contributed by atoms with Crippen LogP contribution in [-0.2, 0) is 6.18 Å². The topological polar surface area (TPSA) is 67.6 Å². The van der Waals surface area contributed by atoms with Crippen LogP contribution < -0.4 is 0 Å². The molecule has 4 aromatic rings. The Morgan fingerprint density at radius 3 is 2.48 bits per heavy atom. The lowest BCUT2D eigenvalue weighted by Crippen LogP contribution is -2.10. The van der Waals surface area contributed by atoms with E-state index < -0.39 is 29.2 Å². The molecule has 9 heteroatoms. The van der Waals surface area contributed by atoms with Gasteiger partial charge in [-0.25, -0.2) is 4.39 Å². The van der Waals surface area contributed by atoms with Crippen LogP contribution in [0.5, 0.6) is 0 Å². The molecule has 0 radical (unpaired) electrons. The van der Waals surface area contributed by atoms with Gasteiger partial charge >= 0.3 is 6.18 Å². The summed E-state index contributed by atoms with van der Waals surface area (Å²) in [6.45, 7) is 1.70. The molecular formula is C20H12F4N4O. The summed E-state index contributed by atoms with van der Waals surface area (Å²) in [4.78, 5) is 4.28. The van der Waals surface area contributed by atoms with Crippen molar-refractivity contribution in [2.45, 2.75) is 19.1 Å². The van der Waals surface area contributed by atoms with Crippen molar-refractivity contribution in [2.75, 3.05) is 0 Å². The normalized spacial score (nSPS) is 12.8. The van der Waals surface area contributed by atoms with E-state index in [-0.39, 0.29) is 22.6 Å². The zero-order valence-electron chi connectivity index (χ0n) is 14.9. The van der Waals surface area contributed by atoms with Crippen LogP contribution in [0.3, 0.4) is 0 Å². The fourth-order valence-corrected chi connectivity index (χ4v) is 3.21. The van der Waals surface area contributed by atoms with Crippen molar-refractivity contribution in [1.29, 1.82) is 5.26 Å². The van der Waals surface area contributed by atoms with Crippen molar-refractivity contribution in [3.63, 3.8) is 0 Å². The van der Waals surface area contributed by atoms with E-state index in [0.717, 1.165) is 6.07 Å². The van der Waals surface area contributed by atoms with Crippen LogP contribution in [0.15, 0.2) is 53.2 Å². The van der Waals surface area contributed by atoms with Gasteiger partial charge in [-0.05, 0) is 49.4 Å². The van der Waals surface area contributed by atoms with Crippen LogP contribution in [0.25, 0.3) is 22.3 Å². The molecule has 0 aliphatic rings. The lowest BCUT2D eigenvalue weighted by molar-refractivity contribution is -0.136. The number of alkyl halides is 3. The highest BCUT2D eigenvalue weighted by Crippen LogP contribution is 2.38. The smallest absolute Gasteiger partial charge is 0.337 e. The van der Waals surface area contributed by atoms with Crippen LogP contribution in [0, 0.1) is 17.1 Å². The Kier molecular flexibility index (Phi) is 4.34. The van der Waals surface area contributed by atoms with E-state index >= 15 is 0 Å². The lowest BCUT2D eigenvalue weighted by atomic mass is 10.0. The molecule has 0 amide bonds. The van der Waals surface area contributed by atoms with Gasteiger partial charge in [-0.15, -0.1) is 0 Å². The average molecular weight is 400 g/mol. The molecule has 2 heterocycles. The van der Waals surface area contributed by atoms with Gasteiger partial charge in [-0.1, -0.05) is 5.16 Å². The summed E-state index contributed by atoms with van der Waals surface area (Å²) < 4.78 is 60.4. The molecule has 4 rings (SSSR count). The Bertz CT molecular complexity index is 1230. The summed E-state index contributed by atoms with van der Waals surface area (Å²) in [6.07, 6.45) is -3.19. The molecule has 0 fully saturated rings. The maximum atomic E-state index is 13.5. The van der Waals surface area contributed by atoms with Gasteiger partial charge in [-0.3, -0.25) is 0 Å². The minimum atomic E-state index is -4.67. The number of fused-ring (bicyclic) bond motifs is 1. The van der Waals surface area contributed by atoms with E-state index in [1.807, 2.05) is 0 Å². The van der Waals surface area contributed by atoms with Crippen molar-refractivity contribution in [1.82, 2.24) is 14.7 Å². The number of nitriles is 1. The first-order valence-electron chi connectivity index (χ1n) is 8.50. The maximum absolute atomic E-state index is 13.5. The summed E-state index contributed by atoms with van der Waals surface area (Å²) >= 11 is 0. The zero-order chi connectivity index (χ0) is 20.8. The molecule has 0 saturated carbocycles. The summed E-state index contributed by atoms with van der Waals surface area (Å²) in [5.41, 5.74) is -0.581. The SMILES string of the molecule is CC(c1nc(-c2ccc(F)cc2)no1)n1ccc2c(C(F)(F)F)c(C#N)ccc21. The maximum Gasteiger partial charge on any atom is 0.418 e. The molecular weight excluding hydrogens is 388 g/mol. The number of nitrogens with zero attached hydrogens (tertiary/aromatic N) is 4. The van der Waals surface area contributed by atoms with E-state index in [9.17, 15) is 17.6 Å². The van der Waals surface area contributed by atoms with E-state index in [2.05, 4.69) is 10.1 Å². The number of hydrogen-bond acceptors (Lipinski definition) is 4. The van der Waals surface area contributed by atoms with Gasteiger partial charge in [0.25, 0.3) is 0 Å². The van der Waals surface area contributed by atoms with Gasteiger partial charge in [0.1, 0.15) is 11.9 Å². The van der Waals surface area contributed by atoms with Crippen LogP contribution in [-0.4, -0.2) is 14.7 Å². The number of halogens is 4. The van der Waals surface area contributed by atoms with Gasteiger partial charge in [0.15, 0.2) is 0 Å². The summed E-state index contributed by atoms with van der Waals surface area (Å²) in [5.74, 6) is 0.0210. The van der Waals surface area contributed by atoms with Crippen molar-refractivity contribution in [3.05, 3.63) is 71.5 Å². The van der Waals surface area contributed by atoms with Gasteiger partial charge in [0.2, 0.25) is 11.7 Å². The summed E-state index contributed by atoms with van der Waals surface area (Å²) in [6, 6.07) is 10.5. The number of aromatic nitrogens is 3. The predicted octanol–water partition coefficient (Wildman–Crippen LogP) is 5.33. The molecule has 0 bridgehead atoms. The Balaban J connectivity index is 1.76. The third-order valence-electron chi connectivity index (χ3n) is 4.63. The minimum absolute atomic E-state index is 0.0818. The Morgan fingerprint density at radius 1 is 1.10 bits per heavy atom. The molecule has 29 heavy (non-hydrogen) atoms. The Labute approximate surface area is 161 Å². The predicted molar refractivity (Wildman–Crippen MR) is 95.2 cm³/mol. The number of benzene rings is 2. The Hall–Kier alpha value is -3.67. The van der Waals surface area contributed by atoms with Gasteiger partial charge < -0.3 is 9.09 Å². The van der Waals surface area contributed by atoms with Crippen LogP contribution >= 0.6 is 0 Å². The van der Waals surface area contributed by atoms with Crippen LogP contribution in [0.4, 0.5) is 17.6 Å². The second-order valence-corrected chi connectivity index (χ2v) is 6.39. The van der Waals surface area contributed by atoms with E-state index in [1.165, 1.54) is 42.6 Å². The summed E-state index contributed by atoms with van der Waals surface area (Å²) in [5, 5.41) is 12.8. The highest BCUT2D eigenvalue weighted by Gasteiger charge is 2.36. The standard InChI is InChI=1S/C20H12F4N4O/c1-11(19-26-18(27-29-19)12-2-5-14(21)6-3-12)28-9-8-15-16(28)7-4-13(10-25)17(15)20(22,23)24/h2-9,11H,1H3. The van der Waals surface area contributed by atoms with Crippen LogP contribution in [0.1, 0.15) is 30.0 Å². The highest BCUT2D eigenvalue weighted by atomic mass is 19.4. The van der Waals surface area contributed by atoms with E-state index in [1.54, 1.807) is 17.6 Å². The van der Waals surface area contributed by atoms with Gasteiger partial charge in [-0.2, -0.15) is 23.4 Å². The van der Waals surface area contributed by atoms with Crippen molar-refractivity contribution in [3.8, 4) is 17.5 Å². The molecule has 0 aliphatic heterocycles. The summed E-state index contributed by atoms with van der Waals surface area (Å²) in [7, 11) is 0. The van der Waals surface area contributed by atoms with Crippen molar-refractivity contribution >= 4 is 10.9 Å². The molecule has 0 N–H and O–H groups in total. The molecule has 0 saturated heterocycles. The van der Waals surface area contributed by atoms with Gasteiger partial charge in [0.05, 0.1) is 17.2 Å². The Morgan fingerprint density at radius 2 is 1.83 bits per heavy atom. The first-order valence-corrected chi connectivity index (χ1v) is 8.50. The highest BCUT2D eigenvalue weighted by molar-refractivity contribution is 5.86. The zero-order valence-corrected chi connectivity index (χ0v) is 14.9. The van der Waals surface area contributed by atoms with Crippen molar-refractivity contribution in [2.24, 2.45) is 0 Å². The molecule has 0 aliphatic carbocycles. The number of rotatable bonds is 3. The molecule has 1 atom stereocenters. The van der Waals surface area contributed by atoms with Gasteiger partial charge in [0, 0.05) is 22.7 Å². The third-order valence-corrected chi connectivity index (χ3v) is 4.63. The molecule has 0 spiro atoms. The molecule has 1 unspecified atom stereocenters. The molecule has 2 aromatic heterocycles. The second-order valence-electron chi connectivity index (χ2n) is 6.39. The lowest BCUT2D eigenvalue weighted by Gasteiger charge is -2.14. The fraction of sp³-hybridized carbons (Fsp3) is 0.150. The largest absolute Gasteiger partial charge is 0.418 e. The van der Waals surface area contributed by atoms with E-state index in [4.69, 9.17) is 9.78 Å². The molecule has 146 valence electrons. The fourth-order valence-electron chi connectivity index (χ4n) is 3.21. The average Bonchev–Trinajstić information content (AvgIpc) is 3.33. The van der Waals surface area contributed by atoms with E-state index in [0.29, 0.717) is 5.56 Å². The third kappa shape index (κ3) is 3.23. The monoisotopic (exact) mass is 400 g/mol. The minimum Gasteiger partial charge on any atom is -0.337 e.